The number of anilines is 2. The number of pyridine rings is 1. The summed E-state index contributed by atoms with van der Waals surface area (Å²) in [5, 5.41) is 7.66. The van der Waals surface area contributed by atoms with E-state index < -0.39 is 0 Å². The number of piperidine rings is 1. The Morgan fingerprint density at radius 2 is 2.07 bits per heavy atom. The Hall–Kier alpha value is -4.23. The molecular formula is C29H37N9O4. The molecule has 42 heavy (non-hydrogen) atoms. The lowest BCUT2D eigenvalue weighted by Gasteiger charge is -2.34. The van der Waals surface area contributed by atoms with Gasteiger partial charge in [-0.15, -0.1) is 0 Å². The molecule has 13 heteroatoms. The van der Waals surface area contributed by atoms with E-state index in [9.17, 15) is 9.59 Å². The van der Waals surface area contributed by atoms with Gasteiger partial charge in [-0.2, -0.15) is 5.10 Å². The Bertz CT molecular complexity index is 1480. The summed E-state index contributed by atoms with van der Waals surface area (Å²) in [5.74, 6) is 0.625. The average Bonchev–Trinajstić information content (AvgIpc) is 3.65. The highest BCUT2D eigenvalue weighted by molar-refractivity contribution is 5.93. The highest BCUT2D eigenvalue weighted by Gasteiger charge is 2.28. The average molecular weight is 576 g/mol. The van der Waals surface area contributed by atoms with Crippen LogP contribution >= 0.6 is 0 Å². The van der Waals surface area contributed by atoms with E-state index in [1.807, 2.05) is 4.52 Å². The van der Waals surface area contributed by atoms with E-state index in [2.05, 4.69) is 42.3 Å². The minimum absolute atomic E-state index is 0.0330. The summed E-state index contributed by atoms with van der Waals surface area (Å²) in [7, 11) is 0. The van der Waals surface area contributed by atoms with Crippen molar-refractivity contribution in [2.45, 2.75) is 25.8 Å². The third-order valence-corrected chi connectivity index (χ3v) is 8.07. The summed E-state index contributed by atoms with van der Waals surface area (Å²) in [6, 6.07) is 7.26. The second-order valence-corrected chi connectivity index (χ2v) is 10.9. The predicted molar refractivity (Wildman–Crippen MR) is 157 cm³/mol. The van der Waals surface area contributed by atoms with Gasteiger partial charge < -0.3 is 30.3 Å². The van der Waals surface area contributed by atoms with Gasteiger partial charge in [0, 0.05) is 64.8 Å². The Morgan fingerprint density at radius 1 is 1.21 bits per heavy atom. The van der Waals surface area contributed by atoms with Crippen LogP contribution in [0.4, 0.5) is 11.5 Å². The lowest BCUT2D eigenvalue weighted by molar-refractivity contribution is -0.127. The van der Waals surface area contributed by atoms with Crippen molar-refractivity contribution in [2.75, 3.05) is 76.3 Å². The van der Waals surface area contributed by atoms with Crippen LogP contribution in [0.25, 0.3) is 11.1 Å². The van der Waals surface area contributed by atoms with Gasteiger partial charge in [0.15, 0.2) is 5.82 Å². The molecule has 3 aliphatic heterocycles. The molecule has 3 aromatic rings. The number of fused-ring (bicyclic) bond motifs is 1. The van der Waals surface area contributed by atoms with E-state index in [0.29, 0.717) is 43.6 Å². The van der Waals surface area contributed by atoms with Crippen molar-refractivity contribution in [1.82, 2.24) is 34.7 Å². The van der Waals surface area contributed by atoms with E-state index in [4.69, 9.17) is 15.2 Å². The van der Waals surface area contributed by atoms with E-state index in [1.54, 1.807) is 30.0 Å². The van der Waals surface area contributed by atoms with Crippen LogP contribution in [0.3, 0.4) is 0 Å². The fraction of sp³-hybridized carbons (Fsp3) is 0.483. The molecule has 13 nitrogen and oxygen atoms in total. The summed E-state index contributed by atoms with van der Waals surface area (Å²) in [6.45, 7) is 8.65. The molecule has 6 heterocycles. The molecule has 1 atom stereocenters. The molecule has 3 N–H and O–H groups in total. The van der Waals surface area contributed by atoms with Crippen molar-refractivity contribution in [3.05, 3.63) is 48.1 Å². The maximum absolute atomic E-state index is 13.2. The number of amides is 2. The number of aromatic nitrogens is 4. The number of nitrogens with two attached hydrogens (primary N) is 1. The minimum Gasteiger partial charge on any atom is -0.476 e. The van der Waals surface area contributed by atoms with Gasteiger partial charge >= 0.3 is 0 Å². The monoisotopic (exact) mass is 575 g/mol. The maximum Gasteiger partial charge on any atom is 0.270 e. The van der Waals surface area contributed by atoms with Crippen molar-refractivity contribution in [2.24, 2.45) is 0 Å². The van der Waals surface area contributed by atoms with Crippen LogP contribution in [0.2, 0.25) is 0 Å². The molecule has 0 spiro atoms. The quantitative estimate of drug-likeness (QED) is 0.400. The number of morpholine rings is 1. The normalized spacial score (nSPS) is 19.6. The summed E-state index contributed by atoms with van der Waals surface area (Å²) in [4.78, 5) is 40.1. The summed E-state index contributed by atoms with van der Waals surface area (Å²) in [6.07, 6.45) is 5.24. The van der Waals surface area contributed by atoms with Crippen LogP contribution in [-0.4, -0.2) is 113 Å². The summed E-state index contributed by atoms with van der Waals surface area (Å²) in [5.41, 5.74) is 10.2. The molecule has 3 aromatic heterocycles. The van der Waals surface area contributed by atoms with Gasteiger partial charge in [-0.1, -0.05) is 12.1 Å². The highest BCUT2D eigenvalue weighted by atomic mass is 16.5. The van der Waals surface area contributed by atoms with Gasteiger partial charge in [-0.3, -0.25) is 14.5 Å². The molecule has 6 rings (SSSR count). The van der Waals surface area contributed by atoms with Crippen LogP contribution in [-0.2, 0) is 9.53 Å². The van der Waals surface area contributed by atoms with Gasteiger partial charge in [0.2, 0.25) is 11.8 Å². The molecule has 2 amide bonds. The fourth-order valence-corrected chi connectivity index (χ4v) is 5.80. The predicted octanol–water partition coefficient (Wildman–Crippen LogP) is 1.06. The van der Waals surface area contributed by atoms with Gasteiger partial charge in [0.1, 0.15) is 24.1 Å². The number of ether oxygens (including phenoxy) is 2. The van der Waals surface area contributed by atoms with Gasteiger partial charge in [-0.25, -0.2) is 14.5 Å². The standard InChI is InChI=1S/C29H37N9O4/c1-20(39)36-9-7-21(17-36)24-16-25(27-28(30)31-19-32-38(24)27)37-8-3-4-22(18-37)33-29(40)23-5-2-6-26(34-23)42-15-12-35-10-13-41-14-11-35/h2,5-7,16,19,22H,3-4,8-15,17-18H2,1H3,(H,33,40)(H2,30,31,32)/t22-/m1/s1. The van der Waals surface area contributed by atoms with Gasteiger partial charge in [0.05, 0.1) is 24.6 Å². The number of rotatable bonds is 8. The van der Waals surface area contributed by atoms with Crippen LogP contribution in [0.5, 0.6) is 5.88 Å². The third kappa shape index (κ3) is 6.02. The number of carbonyl (C=O) groups is 2. The van der Waals surface area contributed by atoms with E-state index in [-0.39, 0.29) is 17.9 Å². The zero-order valence-electron chi connectivity index (χ0n) is 23.9. The Labute approximate surface area is 244 Å². The third-order valence-electron chi connectivity index (χ3n) is 8.07. The number of nitrogens with one attached hydrogen (secondary N) is 1. The molecular weight excluding hydrogens is 538 g/mol. The first-order chi connectivity index (χ1) is 20.5. The van der Waals surface area contributed by atoms with Crippen LogP contribution in [0.15, 0.2) is 36.7 Å². The summed E-state index contributed by atoms with van der Waals surface area (Å²) < 4.78 is 13.0. The molecule has 0 unspecified atom stereocenters. The first-order valence-electron chi connectivity index (χ1n) is 14.5. The number of nitrogen functional groups attached to an aromatic ring is 1. The molecule has 2 saturated heterocycles. The first kappa shape index (κ1) is 27.9. The maximum atomic E-state index is 13.2. The SMILES string of the molecule is CC(=O)N1CC=C(c2cc(N3CCC[C@@H](NC(=O)c4cccc(OCCN5CCOCC5)n4)C3)c3c(N)ncnn23)C1. The first-order valence-corrected chi connectivity index (χ1v) is 14.5. The number of nitrogens with zero attached hydrogens (tertiary/aromatic N) is 7. The molecule has 2 fully saturated rings. The number of carbonyl (C=O) groups excluding carboxylic acids is 2. The molecule has 0 aliphatic carbocycles. The van der Waals surface area contributed by atoms with E-state index >= 15 is 0 Å². The van der Waals surface area contributed by atoms with Crippen LogP contribution < -0.4 is 20.7 Å². The molecule has 3 aliphatic rings. The van der Waals surface area contributed by atoms with Crippen molar-refractivity contribution in [3.8, 4) is 5.88 Å². The molecule has 0 radical (unpaired) electrons. The molecule has 0 aromatic carbocycles. The van der Waals surface area contributed by atoms with Gasteiger partial charge in [-0.05, 0) is 30.5 Å². The highest BCUT2D eigenvalue weighted by Crippen LogP contribution is 2.34. The van der Waals surface area contributed by atoms with E-state index in [0.717, 1.165) is 74.7 Å². The fourth-order valence-electron chi connectivity index (χ4n) is 5.80. The van der Waals surface area contributed by atoms with Crippen molar-refractivity contribution in [1.29, 1.82) is 0 Å². The zero-order valence-corrected chi connectivity index (χ0v) is 23.9. The number of hydrogen-bond donors (Lipinski definition) is 2. The van der Waals surface area contributed by atoms with Crippen molar-refractivity contribution in [3.63, 3.8) is 0 Å². The van der Waals surface area contributed by atoms with Crippen molar-refractivity contribution >= 4 is 34.4 Å². The molecule has 222 valence electrons. The van der Waals surface area contributed by atoms with Crippen LogP contribution in [0.1, 0.15) is 35.9 Å². The second-order valence-electron chi connectivity index (χ2n) is 10.9. The Balaban J connectivity index is 1.12. The number of hydrogen-bond acceptors (Lipinski definition) is 10. The lowest BCUT2D eigenvalue weighted by Crippen LogP contribution is -2.48. The molecule has 0 bridgehead atoms. The largest absolute Gasteiger partial charge is 0.476 e. The lowest BCUT2D eigenvalue weighted by atomic mass is 10.0. The minimum atomic E-state index is -0.230. The smallest absolute Gasteiger partial charge is 0.270 e. The van der Waals surface area contributed by atoms with Gasteiger partial charge in [0.25, 0.3) is 5.91 Å². The zero-order chi connectivity index (χ0) is 29.1. The second kappa shape index (κ2) is 12.3. The van der Waals surface area contributed by atoms with E-state index in [1.165, 1.54) is 6.33 Å². The molecule has 0 saturated carbocycles. The van der Waals surface area contributed by atoms with Crippen molar-refractivity contribution < 1.29 is 19.1 Å². The van der Waals surface area contributed by atoms with Crippen LogP contribution in [0, 0.1) is 0 Å². The summed E-state index contributed by atoms with van der Waals surface area (Å²) >= 11 is 0. The Kier molecular flexibility index (Phi) is 8.20. The topological polar surface area (TPSA) is 143 Å². The Morgan fingerprint density at radius 3 is 2.88 bits per heavy atom.